The van der Waals surface area contributed by atoms with Gasteiger partial charge in [-0.1, -0.05) is 13.8 Å². The van der Waals surface area contributed by atoms with Crippen LogP contribution in [0.4, 0.5) is 4.39 Å². The second-order valence-electron chi connectivity index (χ2n) is 5.34. The molecule has 3 rings (SSSR count). The SMILES string of the molecule is CC(C)COc1ccc2cc3c(=O)[nH]c(=O)nc-3oc2c1F. The molecule has 1 N–H and O–H groups in total. The summed E-state index contributed by atoms with van der Waals surface area (Å²) in [5, 5.41) is 0.382. The van der Waals surface area contributed by atoms with Gasteiger partial charge >= 0.3 is 5.69 Å². The van der Waals surface area contributed by atoms with E-state index >= 15 is 0 Å². The average molecular weight is 304 g/mol. The van der Waals surface area contributed by atoms with E-state index in [2.05, 4.69) is 4.98 Å². The normalized spacial score (nSPS) is 11.5. The smallest absolute Gasteiger partial charge is 0.351 e. The van der Waals surface area contributed by atoms with Crippen molar-refractivity contribution in [2.24, 2.45) is 5.92 Å². The number of aromatic nitrogens is 2. The Morgan fingerprint density at radius 3 is 2.86 bits per heavy atom. The number of halogens is 1. The monoisotopic (exact) mass is 304 g/mol. The number of hydrogen-bond acceptors (Lipinski definition) is 5. The molecular formula is C15H13FN2O4. The molecule has 22 heavy (non-hydrogen) atoms. The first kappa shape index (κ1) is 14.2. The summed E-state index contributed by atoms with van der Waals surface area (Å²) in [7, 11) is 0. The van der Waals surface area contributed by atoms with Crippen LogP contribution in [0.3, 0.4) is 0 Å². The zero-order chi connectivity index (χ0) is 15.9. The Morgan fingerprint density at radius 1 is 1.36 bits per heavy atom. The third-order valence-corrected chi connectivity index (χ3v) is 3.06. The molecule has 0 bridgehead atoms. The van der Waals surface area contributed by atoms with E-state index in [1.807, 2.05) is 18.8 Å². The van der Waals surface area contributed by atoms with Crippen molar-refractivity contribution in [3.05, 3.63) is 44.9 Å². The molecule has 0 saturated heterocycles. The van der Waals surface area contributed by atoms with Crippen LogP contribution in [0.15, 0.2) is 32.2 Å². The van der Waals surface area contributed by atoms with Crippen LogP contribution in [0.5, 0.6) is 5.75 Å². The van der Waals surface area contributed by atoms with Crippen LogP contribution in [-0.4, -0.2) is 16.6 Å². The zero-order valence-corrected chi connectivity index (χ0v) is 12.0. The second-order valence-corrected chi connectivity index (χ2v) is 5.34. The third kappa shape index (κ3) is 2.45. The third-order valence-electron chi connectivity index (χ3n) is 3.06. The summed E-state index contributed by atoms with van der Waals surface area (Å²) >= 11 is 0. The van der Waals surface area contributed by atoms with Gasteiger partial charge in [-0.25, -0.2) is 4.79 Å². The van der Waals surface area contributed by atoms with Crippen LogP contribution >= 0.6 is 0 Å². The van der Waals surface area contributed by atoms with Crippen molar-refractivity contribution in [2.75, 3.05) is 6.61 Å². The maximum Gasteiger partial charge on any atom is 0.351 e. The first-order chi connectivity index (χ1) is 10.5. The van der Waals surface area contributed by atoms with E-state index in [0.29, 0.717) is 12.0 Å². The van der Waals surface area contributed by atoms with Gasteiger partial charge in [-0.3, -0.25) is 9.78 Å². The van der Waals surface area contributed by atoms with Gasteiger partial charge in [0.1, 0.15) is 5.56 Å². The van der Waals surface area contributed by atoms with Gasteiger partial charge in [0.05, 0.1) is 6.61 Å². The van der Waals surface area contributed by atoms with Gasteiger partial charge in [0, 0.05) is 5.39 Å². The molecule has 0 atom stereocenters. The summed E-state index contributed by atoms with van der Waals surface area (Å²) in [6.45, 7) is 4.25. The van der Waals surface area contributed by atoms with Gasteiger partial charge in [0.15, 0.2) is 11.3 Å². The molecule has 0 amide bonds. The van der Waals surface area contributed by atoms with Crippen molar-refractivity contribution in [3.63, 3.8) is 0 Å². The van der Waals surface area contributed by atoms with Crippen molar-refractivity contribution in [1.29, 1.82) is 0 Å². The minimum atomic E-state index is -0.840. The minimum Gasteiger partial charge on any atom is -0.490 e. The van der Waals surface area contributed by atoms with E-state index in [9.17, 15) is 14.0 Å². The lowest BCUT2D eigenvalue weighted by molar-refractivity contribution is 0.259. The van der Waals surface area contributed by atoms with Crippen LogP contribution in [0.25, 0.3) is 22.4 Å². The lowest BCUT2D eigenvalue weighted by Gasteiger charge is -2.11. The van der Waals surface area contributed by atoms with Crippen LogP contribution in [-0.2, 0) is 0 Å². The topological polar surface area (TPSA) is 85.2 Å². The predicted molar refractivity (Wildman–Crippen MR) is 77.8 cm³/mol. The van der Waals surface area contributed by atoms with E-state index in [-0.39, 0.29) is 28.7 Å². The minimum absolute atomic E-state index is 0.0523. The van der Waals surface area contributed by atoms with E-state index in [0.717, 1.165) is 0 Å². The summed E-state index contributed by atoms with van der Waals surface area (Å²) in [4.78, 5) is 28.5. The first-order valence-corrected chi connectivity index (χ1v) is 6.75. The Hall–Kier alpha value is -2.70. The molecule has 2 aliphatic heterocycles. The molecule has 0 fully saturated rings. The predicted octanol–water partition coefficient (Wildman–Crippen LogP) is 2.16. The van der Waals surface area contributed by atoms with Crippen LogP contribution in [0.2, 0.25) is 0 Å². The number of ether oxygens (including phenoxy) is 1. The maximum absolute atomic E-state index is 14.4. The van der Waals surface area contributed by atoms with Crippen molar-refractivity contribution >= 4 is 11.0 Å². The second kappa shape index (κ2) is 5.25. The van der Waals surface area contributed by atoms with Crippen LogP contribution in [0.1, 0.15) is 13.8 Å². The summed E-state index contributed by atoms with van der Waals surface area (Å²) in [6, 6.07) is 4.49. The van der Waals surface area contributed by atoms with Gasteiger partial charge in [-0.2, -0.15) is 9.37 Å². The largest absolute Gasteiger partial charge is 0.490 e. The quantitative estimate of drug-likeness (QED) is 0.749. The lowest BCUT2D eigenvalue weighted by Crippen LogP contribution is -2.24. The van der Waals surface area contributed by atoms with E-state index in [1.54, 1.807) is 6.07 Å². The molecule has 2 heterocycles. The Kier molecular flexibility index (Phi) is 3.40. The van der Waals surface area contributed by atoms with E-state index < -0.39 is 17.1 Å². The van der Waals surface area contributed by atoms with Gasteiger partial charge in [-0.15, -0.1) is 0 Å². The molecule has 2 aliphatic rings. The van der Waals surface area contributed by atoms with Crippen LogP contribution < -0.4 is 16.0 Å². The van der Waals surface area contributed by atoms with Gasteiger partial charge in [0.25, 0.3) is 5.56 Å². The number of aromatic amines is 1. The molecule has 0 unspecified atom stereocenters. The van der Waals surface area contributed by atoms with Crippen molar-refractivity contribution in [3.8, 4) is 17.2 Å². The summed E-state index contributed by atoms with van der Waals surface area (Å²) < 4.78 is 25.1. The fraction of sp³-hybridized carbons (Fsp3) is 0.267. The van der Waals surface area contributed by atoms with E-state index in [4.69, 9.17) is 9.15 Å². The van der Waals surface area contributed by atoms with Crippen molar-refractivity contribution in [1.82, 2.24) is 9.97 Å². The maximum atomic E-state index is 14.4. The number of nitrogens with one attached hydrogen (secondary N) is 1. The first-order valence-electron chi connectivity index (χ1n) is 6.75. The molecule has 0 aromatic heterocycles. The molecule has 0 saturated carbocycles. The van der Waals surface area contributed by atoms with Crippen molar-refractivity contribution < 1.29 is 13.5 Å². The number of fused-ring (bicyclic) bond motifs is 2. The highest BCUT2D eigenvalue weighted by atomic mass is 19.1. The number of hydrogen-bond donors (Lipinski definition) is 1. The Labute approximate surface area is 123 Å². The fourth-order valence-electron chi connectivity index (χ4n) is 2.04. The van der Waals surface area contributed by atoms with Gasteiger partial charge in [-0.05, 0) is 24.1 Å². The molecule has 1 aromatic carbocycles. The van der Waals surface area contributed by atoms with Crippen molar-refractivity contribution in [2.45, 2.75) is 13.8 Å². The van der Waals surface area contributed by atoms with Gasteiger partial charge < -0.3 is 9.15 Å². The summed E-state index contributed by atoms with van der Waals surface area (Å²) in [6.07, 6.45) is 0. The Balaban J connectivity index is 2.22. The molecule has 114 valence electrons. The molecule has 7 heteroatoms. The molecule has 1 aromatic rings. The lowest BCUT2D eigenvalue weighted by atomic mass is 10.1. The molecule has 0 spiro atoms. The molecule has 0 radical (unpaired) electrons. The fourth-order valence-corrected chi connectivity index (χ4v) is 2.04. The molecular weight excluding hydrogens is 291 g/mol. The number of benzene rings is 1. The standard InChI is InChI=1S/C15H13FN2O4/c1-7(2)6-21-10-4-3-8-5-9-13(19)17-15(20)18-14(9)22-12(8)11(10)16/h3-5,7H,6H2,1-2H3,(H,17,19,20). The zero-order valence-electron chi connectivity index (χ0n) is 12.0. The Bertz CT molecular complexity index is 929. The molecule has 0 aliphatic carbocycles. The van der Waals surface area contributed by atoms with Gasteiger partial charge in [0.2, 0.25) is 11.7 Å². The highest BCUT2D eigenvalue weighted by Crippen LogP contribution is 2.30. The number of H-pyrrole nitrogens is 1. The highest BCUT2D eigenvalue weighted by molar-refractivity contribution is 5.83. The highest BCUT2D eigenvalue weighted by Gasteiger charge is 2.18. The van der Waals surface area contributed by atoms with E-state index in [1.165, 1.54) is 12.1 Å². The summed E-state index contributed by atoms with van der Waals surface area (Å²) in [5.74, 6) is -0.598. The van der Waals surface area contributed by atoms with Crippen LogP contribution in [0, 0.1) is 11.7 Å². The average Bonchev–Trinajstić information content (AvgIpc) is 2.45. The molecule has 6 nitrogen and oxygen atoms in total. The Morgan fingerprint density at radius 2 is 2.14 bits per heavy atom. The summed E-state index contributed by atoms with van der Waals surface area (Å²) in [5.41, 5.74) is -1.48. The number of nitrogens with zero attached hydrogens (tertiary/aromatic N) is 1. The number of rotatable bonds is 3.